The van der Waals surface area contributed by atoms with E-state index in [0.29, 0.717) is 23.3 Å². The number of carbonyl (C=O) groups excluding carboxylic acids is 1. The van der Waals surface area contributed by atoms with Crippen LogP contribution in [0.2, 0.25) is 0 Å². The number of benzene rings is 1. The molecule has 1 saturated carbocycles. The average molecular weight is 429 g/mol. The Labute approximate surface area is 179 Å². The summed E-state index contributed by atoms with van der Waals surface area (Å²) >= 11 is 1.38. The van der Waals surface area contributed by atoms with Gasteiger partial charge in [-0.1, -0.05) is 43.2 Å². The predicted molar refractivity (Wildman–Crippen MR) is 113 cm³/mol. The van der Waals surface area contributed by atoms with Crippen molar-refractivity contribution in [2.24, 2.45) is 7.05 Å². The number of rotatable bonds is 7. The highest BCUT2D eigenvalue weighted by atomic mass is 32.2. The van der Waals surface area contributed by atoms with Crippen LogP contribution in [0.4, 0.5) is 4.39 Å². The highest BCUT2D eigenvalue weighted by Gasteiger charge is 2.26. The number of aromatic nitrogens is 3. The van der Waals surface area contributed by atoms with Crippen LogP contribution in [-0.2, 0) is 18.4 Å². The second-order valence-electron chi connectivity index (χ2n) is 7.57. The number of nitrogens with zero attached hydrogens (tertiary/aromatic N) is 4. The topological polar surface area (TPSA) is 64.2 Å². The van der Waals surface area contributed by atoms with E-state index in [1.807, 2.05) is 22.6 Å². The van der Waals surface area contributed by atoms with Gasteiger partial charge in [-0.05, 0) is 42.7 Å². The molecule has 8 heteroatoms. The van der Waals surface area contributed by atoms with E-state index in [0.717, 1.165) is 31.2 Å². The highest BCUT2D eigenvalue weighted by molar-refractivity contribution is 7.99. The molecule has 0 aliphatic heterocycles. The summed E-state index contributed by atoms with van der Waals surface area (Å²) in [6, 6.07) is 10.3. The first-order valence-corrected chi connectivity index (χ1v) is 11.2. The first-order chi connectivity index (χ1) is 14.6. The number of thioether (sulfide) groups is 1. The maximum absolute atomic E-state index is 13.3. The van der Waals surface area contributed by atoms with Crippen molar-refractivity contribution in [3.05, 3.63) is 54.0 Å². The van der Waals surface area contributed by atoms with Crippen molar-refractivity contribution in [1.82, 2.24) is 19.7 Å². The van der Waals surface area contributed by atoms with Crippen LogP contribution in [0.25, 0.3) is 11.6 Å². The van der Waals surface area contributed by atoms with Gasteiger partial charge in [0.2, 0.25) is 5.91 Å². The molecular weight excluding hydrogens is 403 g/mol. The van der Waals surface area contributed by atoms with E-state index in [2.05, 4.69) is 10.2 Å². The van der Waals surface area contributed by atoms with Gasteiger partial charge in [0.25, 0.3) is 0 Å². The molecule has 0 radical (unpaired) electrons. The molecule has 0 unspecified atom stereocenters. The Hall–Kier alpha value is -2.61. The summed E-state index contributed by atoms with van der Waals surface area (Å²) < 4.78 is 20.5. The van der Waals surface area contributed by atoms with E-state index < -0.39 is 0 Å². The number of amides is 1. The maximum Gasteiger partial charge on any atom is 0.233 e. The Kier molecular flexibility index (Phi) is 6.52. The van der Waals surface area contributed by atoms with Crippen LogP contribution in [0.3, 0.4) is 0 Å². The van der Waals surface area contributed by atoms with Crippen molar-refractivity contribution in [2.45, 2.75) is 49.8 Å². The summed E-state index contributed by atoms with van der Waals surface area (Å²) in [6.07, 6.45) is 7.13. The lowest BCUT2D eigenvalue weighted by Crippen LogP contribution is -2.42. The fourth-order valence-electron chi connectivity index (χ4n) is 3.87. The summed E-state index contributed by atoms with van der Waals surface area (Å²) in [6.45, 7) is 0.501. The Bertz CT molecular complexity index is 966. The molecule has 2 heterocycles. The molecule has 2 aromatic heterocycles. The quantitative estimate of drug-likeness (QED) is 0.512. The van der Waals surface area contributed by atoms with Crippen molar-refractivity contribution < 1.29 is 13.6 Å². The molecule has 3 aromatic rings. The third-order valence-corrected chi connectivity index (χ3v) is 6.51. The fourth-order valence-corrected chi connectivity index (χ4v) is 4.67. The second kappa shape index (κ2) is 9.47. The Morgan fingerprint density at radius 2 is 1.97 bits per heavy atom. The minimum absolute atomic E-state index is 0.0683. The predicted octanol–water partition coefficient (Wildman–Crippen LogP) is 4.67. The van der Waals surface area contributed by atoms with Gasteiger partial charge in [-0.25, -0.2) is 4.39 Å². The molecule has 158 valence electrons. The molecule has 1 aromatic carbocycles. The monoisotopic (exact) mass is 428 g/mol. The highest BCUT2D eigenvalue weighted by Crippen LogP contribution is 2.27. The van der Waals surface area contributed by atoms with E-state index in [1.54, 1.807) is 24.5 Å². The zero-order valence-corrected chi connectivity index (χ0v) is 17.8. The number of hydrogen-bond acceptors (Lipinski definition) is 5. The van der Waals surface area contributed by atoms with Crippen LogP contribution in [0.15, 0.2) is 52.2 Å². The second-order valence-corrected chi connectivity index (χ2v) is 8.51. The molecule has 0 saturated heterocycles. The van der Waals surface area contributed by atoms with Gasteiger partial charge in [-0.3, -0.25) is 4.79 Å². The maximum atomic E-state index is 13.3. The summed E-state index contributed by atoms with van der Waals surface area (Å²) in [5, 5.41) is 9.06. The van der Waals surface area contributed by atoms with Crippen molar-refractivity contribution in [2.75, 3.05) is 5.75 Å². The number of hydrogen-bond donors (Lipinski definition) is 0. The summed E-state index contributed by atoms with van der Waals surface area (Å²) in [5.74, 6) is 1.36. The van der Waals surface area contributed by atoms with Crippen molar-refractivity contribution in [3.8, 4) is 11.6 Å². The number of halogens is 1. The zero-order chi connectivity index (χ0) is 20.9. The molecule has 30 heavy (non-hydrogen) atoms. The van der Waals surface area contributed by atoms with Gasteiger partial charge in [0.1, 0.15) is 5.82 Å². The van der Waals surface area contributed by atoms with Gasteiger partial charge in [0, 0.05) is 19.6 Å². The molecule has 1 amide bonds. The Morgan fingerprint density at radius 3 is 2.67 bits per heavy atom. The molecule has 0 bridgehead atoms. The summed E-state index contributed by atoms with van der Waals surface area (Å²) in [7, 11) is 1.86. The smallest absolute Gasteiger partial charge is 0.233 e. The third-order valence-electron chi connectivity index (χ3n) is 5.50. The standard InChI is InChI=1S/C22H25FN4O2S/c1-26-21(19-8-5-13-29-19)24-25-22(26)30-15-20(28)27(18-6-3-2-4-7-18)14-16-9-11-17(23)12-10-16/h5,8-13,18H,2-4,6-7,14-15H2,1H3. The minimum atomic E-state index is -0.264. The molecule has 0 spiro atoms. The summed E-state index contributed by atoms with van der Waals surface area (Å²) in [4.78, 5) is 15.2. The van der Waals surface area contributed by atoms with Crippen LogP contribution in [0.1, 0.15) is 37.7 Å². The van der Waals surface area contributed by atoms with Gasteiger partial charge in [0.15, 0.2) is 16.7 Å². The van der Waals surface area contributed by atoms with E-state index >= 15 is 0 Å². The van der Waals surface area contributed by atoms with Gasteiger partial charge >= 0.3 is 0 Å². The Balaban J connectivity index is 1.45. The largest absolute Gasteiger partial charge is 0.461 e. The van der Waals surface area contributed by atoms with Crippen molar-refractivity contribution in [1.29, 1.82) is 0 Å². The van der Waals surface area contributed by atoms with E-state index in [-0.39, 0.29) is 23.5 Å². The molecule has 6 nitrogen and oxygen atoms in total. The minimum Gasteiger partial charge on any atom is -0.461 e. The van der Waals surface area contributed by atoms with Crippen molar-refractivity contribution in [3.63, 3.8) is 0 Å². The molecule has 1 fully saturated rings. The molecule has 1 aliphatic rings. The van der Waals surface area contributed by atoms with Crippen LogP contribution < -0.4 is 0 Å². The molecule has 4 rings (SSSR count). The van der Waals surface area contributed by atoms with E-state index in [4.69, 9.17) is 4.42 Å². The average Bonchev–Trinajstić information content (AvgIpc) is 3.42. The third kappa shape index (κ3) is 4.75. The summed E-state index contributed by atoms with van der Waals surface area (Å²) in [5.41, 5.74) is 0.944. The van der Waals surface area contributed by atoms with Gasteiger partial charge in [-0.2, -0.15) is 0 Å². The van der Waals surface area contributed by atoms with Crippen LogP contribution in [0, 0.1) is 5.82 Å². The van der Waals surface area contributed by atoms with Crippen molar-refractivity contribution >= 4 is 17.7 Å². The molecule has 0 atom stereocenters. The number of furan rings is 1. The zero-order valence-electron chi connectivity index (χ0n) is 17.0. The van der Waals surface area contributed by atoms with Gasteiger partial charge < -0.3 is 13.9 Å². The molecule has 0 N–H and O–H groups in total. The lowest BCUT2D eigenvalue weighted by atomic mass is 9.94. The SMILES string of the molecule is Cn1c(SCC(=O)N(Cc2ccc(F)cc2)C2CCCCC2)nnc1-c1ccco1. The van der Waals surface area contributed by atoms with E-state index in [1.165, 1.54) is 30.3 Å². The normalized spacial score (nSPS) is 14.7. The van der Waals surface area contributed by atoms with Crippen LogP contribution >= 0.6 is 11.8 Å². The molecule has 1 aliphatic carbocycles. The Morgan fingerprint density at radius 1 is 1.20 bits per heavy atom. The van der Waals surface area contributed by atoms with Gasteiger partial charge in [0.05, 0.1) is 12.0 Å². The van der Waals surface area contributed by atoms with E-state index in [9.17, 15) is 9.18 Å². The van der Waals surface area contributed by atoms with Crippen LogP contribution in [-0.4, -0.2) is 37.4 Å². The molecular formula is C22H25FN4O2S. The number of carbonyl (C=O) groups is 1. The lowest BCUT2D eigenvalue weighted by Gasteiger charge is -2.34. The van der Waals surface area contributed by atoms with Gasteiger partial charge in [-0.15, -0.1) is 10.2 Å². The fraction of sp³-hybridized carbons (Fsp3) is 0.409. The lowest BCUT2D eigenvalue weighted by molar-refractivity contribution is -0.132. The van der Waals surface area contributed by atoms with Crippen LogP contribution in [0.5, 0.6) is 0 Å². The first kappa shape index (κ1) is 20.7. The first-order valence-electron chi connectivity index (χ1n) is 10.2.